The molecule has 3 N–H and O–H groups in total. The summed E-state index contributed by atoms with van der Waals surface area (Å²) in [6.07, 6.45) is 1.73. The van der Waals surface area contributed by atoms with E-state index < -0.39 is 0 Å². The van der Waals surface area contributed by atoms with Gasteiger partial charge in [0, 0.05) is 16.2 Å². The molecule has 0 radical (unpaired) electrons. The number of aromatic nitrogens is 3. The van der Waals surface area contributed by atoms with Gasteiger partial charge in [0.25, 0.3) is 5.56 Å². The average Bonchev–Trinajstić information content (AvgIpc) is 2.91. The third-order valence-corrected chi connectivity index (χ3v) is 4.29. The van der Waals surface area contributed by atoms with Crippen LogP contribution in [0.25, 0.3) is 10.2 Å². The van der Waals surface area contributed by atoms with E-state index in [0.717, 1.165) is 14.7 Å². The molecular formula is C13H12BrN5OS. The van der Waals surface area contributed by atoms with E-state index in [0.29, 0.717) is 23.8 Å². The molecule has 0 saturated heterocycles. The molecule has 6 nitrogen and oxygen atoms in total. The zero-order valence-electron chi connectivity index (χ0n) is 11.1. The van der Waals surface area contributed by atoms with Crippen LogP contribution in [-0.2, 0) is 6.54 Å². The number of fused-ring (bicyclic) bond motifs is 1. The highest BCUT2D eigenvalue weighted by atomic mass is 79.9. The molecule has 0 aliphatic carbocycles. The minimum atomic E-state index is -0.0599. The van der Waals surface area contributed by atoms with Crippen LogP contribution in [0.4, 0.5) is 5.82 Å². The van der Waals surface area contributed by atoms with Gasteiger partial charge < -0.3 is 9.99 Å². The van der Waals surface area contributed by atoms with Crippen molar-refractivity contribution in [3.63, 3.8) is 0 Å². The lowest BCUT2D eigenvalue weighted by atomic mass is 10.3. The number of hydrogen-bond acceptors (Lipinski definition) is 6. The summed E-state index contributed by atoms with van der Waals surface area (Å²) in [5.41, 5.74) is 3.18. The maximum absolute atomic E-state index is 12.1. The van der Waals surface area contributed by atoms with Crippen molar-refractivity contribution in [2.45, 2.75) is 13.5 Å². The van der Waals surface area contributed by atoms with Gasteiger partial charge in [-0.05, 0) is 40.4 Å². The number of anilines is 1. The van der Waals surface area contributed by atoms with Crippen molar-refractivity contribution in [1.82, 2.24) is 14.5 Å². The Morgan fingerprint density at radius 1 is 1.48 bits per heavy atom. The van der Waals surface area contributed by atoms with Gasteiger partial charge in [0.1, 0.15) is 4.83 Å². The number of rotatable bonds is 3. The van der Waals surface area contributed by atoms with E-state index in [-0.39, 0.29) is 5.56 Å². The van der Waals surface area contributed by atoms with Gasteiger partial charge in [-0.25, -0.2) is 15.8 Å². The Balaban J connectivity index is 2.08. The van der Waals surface area contributed by atoms with E-state index in [9.17, 15) is 4.79 Å². The Hall–Kier alpha value is -1.77. The minimum Gasteiger partial charge on any atom is -0.308 e. The highest BCUT2D eigenvalue weighted by molar-refractivity contribution is 9.10. The normalized spacial score (nSPS) is 11.0. The highest BCUT2D eigenvalue weighted by Gasteiger charge is 2.10. The van der Waals surface area contributed by atoms with Crippen LogP contribution in [0.1, 0.15) is 11.4 Å². The predicted molar refractivity (Wildman–Crippen MR) is 87.5 cm³/mol. The lowest BCUT2D eigenvalue weighted by Crippen LogP contribution is -2.23. The molecule has 0 aliphatic heterocycles. The van der Waals surface area contributed by atoms with Crippen molar-refractivity contribution in [1.29, 1.82) is 0 Å². The first-order chi connectivity index (χ1) is 10.1. The van der Waals surface area contributed by atoms with Crippen LogP contribution in [-0.4, -0.2) is 14.5 Å². The first kappa shape index (κ1) is 14.2. The van der Waals surface area contributed by atoms with Crippen molar-refractivity contribution in [3.8, 4) is 0 Å². The van der Waals surface area contributed by atoms with E-state index in [2.05, 4.69) is 31.3 Å². The lowest BCUT2D eigenvalue weighted by molar-refractivity contribution is 0.712. The van der Waals surface area contributed by atoms with Gasteiger partial charge in [-0.1, -0.05) is 0 Å². The molecule has 0 atom stereocenters. The summed E-state index contributed by atoms with van der Waals surface area (Å²) in [6.45, 7) is 2.07. The minimum absolute atomic E-state index is 0.0599. The first-order valence-corrected chi connectivity index (χ1v) is 7.83. The molecular weight excluding hydrogens is 354 g/mol. The third kappa shape index (κ3) is 2.69. The molecule has 0 aliphatic rings. The molecule has 21 heavy (non-hydrogen) atoms. The number of nitrogens with two attached hydrogens (primary N) is 1. The highest BCUT2D eigenvalue weighted by Crippen LogP contribution is 2.24. The van der Waals surface area contributed by atoms with E-state index >= 15 is 0 Å². The zero-order chi connectivity index (χ0) is 15.0. The standard InChI is InChI=1S/C13H12BrN5OS/c1-7-4-8(14)5-19(13(7)20)6-10-16-11(18-15)9-2-3-21-12(9)17-10/h2-5H,6,15H2,1H3,(H,16,17,18). The van der Waals surface area contributed by atoms with Crippen LogP contribution in [0.2, 0.25) is 0 Å². The maximum atomic E-state index is 12.1. The molecule has 0 amide bonds. The topological polar surface area (TPSA) is 85.8 Å². The third-order valence-electron chi connectivity index (χ3n) is 3.05. The molecule has 0 bridgehead atoms. The second-order valence-electron chi connectivity index (χ2n) is 4.55. The molecule has 108 valence electrons. The van der Waals surface area contributed by atoms with Crippen LogP contribution in [0.5, 0.6) is 0 Å². The predicted octanol–water partition coefficient (Wildman–Crippen LogP) is 2.26. The number of pyridine rings is 1. The summed E-state index contributed by atoms with van der Waals surface area (Å²) in [5.74, 6) is 6.61. The number of nitrogens with zero attached hydrogens (tertiary/aromatic N) is 3. The van der Waals surface area contributed by atoms with Crippen molar-refractivity contribution in [3.05, 3.63) is 49.9 Å². The molecule has 3 rings (SSSR count). The van der Waals surface area contributed by atoms with Crippen LogP contribution in [0.3, 0.4) is 0 Å². The Bertz CT molecular complexity index is 873. The van der Waals surface area contributed by atoms with Crippen LogP contribution in [0.15, 0.2) is 33.0 Å². The van der Waals surface area contributed by atoms with E-state index in [1.54, 1.807) is 23.8 Å². The van der Waals surface area contributed by atoms with Gasteiger partial charge in [-0.2, -0.15) is 0 Å². The van der Waals surface area contributed by atoms with Gasteiger partial charge in [0.2, 0.25) is 0 Å². The van der Waals surface area contributed by atoms with E-state index in [4.69, 9.17) is 5.84 Å². The molecule has 0 unspecified atom stereocenters. The fourth-order valence-electron chi connectivity index (χ4n) is 2.09. The zero-order valence-corrected chi connectivity index (χ0v) is 13.5. The Labute approximate surface area is 132 Å². The number of hydrazine groups is 1. The maximum Gasteiger partial charge on any atom is 0.253 e. The summed E-state index contributed by atoms with van der Waals surface area (Å²) in [7, 11) is 0. The van der Waals surface area contributed by atoms with Crippen LogP contribution in [0, 0.1) is 6.92 Å². The number of halogens is 1. The fourth-order valence-corrected chi connectivity index (χ4v) is 3.46. The summed E-state index contributed by atoms with van der Waals surface area (Å²) in [5, 5.41) is 2.81. The molecule has 0 spiro atoms. The summed E-state index contributed by atoms with van der Waals surface area (Å²) in [4.78, 5) is 21.8. The van der Waals surface area contributed by atoms with Gasteiger partial charge in [0.05, 0.1) is 11.9 Å². The Morgan fingerprint density at radius 2 is 2.29 bits per heavy atom. The molecule has 3 aromatic rings. The molecule has 3 heterocycles. The summed E-state index contributed by atoms with van der Waals surface area (Å²) < 4.78 is 2.42. The van der Waals surface area contributed by atoms with Crippen molar-refractivity contribution in [2.24, 2.45) is 5.84 Å². The van der Waals surface area contributed by atoms with Gasteiger partial charge in [0.15, 0.2) is 11.6 Å². The van der Waals surface area contributed by atoms with E-state index in [1.165, 1.54) is 11.3 Å². The number of nitrogens with one attached hydrogen (secondary N) is 1. The smallest absolute Gasteiger partial charge is 0.253 e. The lowest BCUT2D eigenvalue weighted by Gasteiger charge is -2.08. The quantitative estimate of drug-likeness (QED) is 0.549. The van der Waals surface area contributed by atoms with Crippen molar-refractivity contribution < 1.29 is 0 Å². The summed E-state index contributed by atoms with van der Waals surface area (Å²) in [6, 6.07) is 3.70. The molecule has 0 aromatic carbocycles. The Morgan fingerprint density at radius 3 is 3.05 bits per heavy atom. The molecule has 3 aromatic heterocycles. The van der Waals surface area contributed by atoms with Crippen molar-refractivity contribution in [2.75, 3.05) is 5.43 Å². The van der Waals surface area contributed by atoms with Gasteiger partial charge >= 0.3 is 0 Å². The van der Waals surface area contributed by atoms with E-state index in [1.807, 2.05) is 11.4 Å². The number of aryl methyl sites for hydroxylation is 1. The van der Waals surface area contributed by atoms with Crippen molar-refractivity contribution >= 4 is 43.3 Å². The van der Waals surface area contributed by atoms with Crippen LogP contribution < -0.4 is 16.8 Å². The molecule has 0 saturated carbocycles. The van der Waals surface area contributed by atoms with Crippen LogP contribution >= 0.6 is 27.3 Å². The second-order valence-corrected chi connectivity index (χ2v) is 6.36. The number of hydrogen-bond donors (Lipinski definition) is 2. The average molecular weight is 366 g/mol. The fraction of sp³-hybridized carbons (Fsp3) is 0.154. The number of thiophene rings is 1. The van der Waals surface area contributed by atoms with Gasteiger partial charge in [-0.15, -0.1) is 11.3 Å². The SMILES string of the molecule is Cc1cc(Br)cn(Cc2nc(NN)c3ccsc3n2)c1=O. The first-order valence-electron chi connectivity index (χ1n) is 6.16. The number of nitrogen functional groups attached to an aromatic ring is 1. The summed E-state index contributed by atoms with van der Waals surface area (Å²) >= 11 is 4.90. The molecule has 8 heteroatoms. The Kier molecular flexibility index (Phi) is 3.75. The second kappa shape index (κ2) is 5.55. The largest absolute Gasteiger partial charge is 0.308 e. The molecule has 0 fully saturated rings. The van der Waals surface area contributed by atoms with Gasteiger partial charge in [-0.3, -0.25) is 4.79 Å². The monoisotopic (exact) mass is 365 g/mol.